The number of rotatable bonds is 4. The van der Waals surface area contributed by atoms with E-state index in [4.69, 9.17) is 4.84 Å². The van der Waals surface area contributed by atoms with Gasteiger partial charge >= 0.3 is 0 Å². The molecule has 0 aliphatic heterocycles. The molecule has 0 heterocycles. The molecule has 0 atom stereocenters. The summed E-state index contributed by atoms with van der Waals surface area (Å²) in [6.07, 6.45) is 1.18. The van der Waals surface area contributed by atoms with E-state index in [1.807, 2.05) is 13.8 Å². The van der Waals surface area contributed by atoms with Crippen molar-refractivity contribution in [3.8, 4) is 0 Å². The first kappa shape index (κ1) is 9.95. The van der Waals surface area contributed by atoms with Gasteiger partial charge in [-0.1, -0.05) is 20.4 Å². The van der Waals surface area contributed by atoms with Crippen molar-refractivity contribution in [3.63, 3.8) is 0 Å². The van der Waals surface area contributed by atoms with Gasteiger partial charge in [-0.25, -0.2) is 5.48 Å². The normalized spacial score (nSPS) is 9.00. The van der Waals surface area contributed by atoms with Crippen LogP contribution in [0, 0.1) is 5.92 Å². The summed E-state index contributed by atoms with van der Waals surface area (Å²) in [6.45, 7) is 7.75. The van der Waals surface area contributed by atoms with Crippen molar-refractivity contribution in [1.29, 1.82) is 0 Å². The quantitative estimate of drug-likeness (QED) is 0.374. The lowest BCUT2D eigenvalue weighted by atomic mass is 10.2. The number of amides is 1. The Labute approximate surface area is 66.7 Å². The molecular weight excluding hydrogens is 142 g/mol. The number of hydrogen-bond acceptors (Lipinski definition) is 2. The molecule has 3 nitrogen and oxygen atoms in total. The lowest BCUT2D eigenvalue weighted by Gasteiger charge is -2.04. The number of carbonyl (C=O) groups is 1. The summed E-state index contributed by atoms with van der Waals surface area (Å²) in [4.78, 5) is 15.4. The van der Waals surface area contributed by atoms with Gasteiger partial charge in [0.2, 0.25) is 0 Å². The zero-order chi connectivity index (χ0) is 8.69. The van der Waals surface area contributed by atoms with E-state index in [0.29, 0.717) is 12.5 Å². The minimum absolute atomic E-state index is 0.333. The third kappa shape index (κ3) is 6.84. The molecule has 3 heteroatoms. The van der Waals surface area contributed by atoms with Crippen LogP contribution in [0.4, 0.5) is 0 Å². The van der Waals surface area contributed by atoms with Gasteiger partial charge in [0.15, 0.2) is 0 Å². The first-order valence-corrected chi connectivity index (χ1v) is 3.44. The smallest absolute Gasteiger partial charge is 0.273 e. The largest absolute Gasteiger partial charge is 0.275 e. The lowest BCUT2D eigenvalue weighted by Crippen LogP contribution is -2.23. The van der Waals surface area contributed by atoms with E-state index < -0.39 is 0 Å². The van der Waals surface area contributed by atoms with Crippen LogP contribution in [0.15, 0.2) is 18.4 Å². The highest BCUT2D eigenvalue weighted by Crippen LogP contribution is 1.89. The molecule has 0 aliphatic carbocycles. The van der Waals surface area contributed by atoms with E-state index in [0.717, 1.165) is 0 Å². The van der Waals surface area contributed by atoms with E-state index in [2.05, 4.69) is 17.8 Å². The van der Waals surface area contributed by atoms with Crippen molar-refractivity contribution in [2.45, 2.75) is 13.8 Å². The van der Waals surface area contributed by atoms with E-state index in [9.17, 15) is 4.79 Å². The zero-order valence-electron chi connectivity index (χ0n) is 6.89. The molecule has 0 saturated carbocycles. The summed E-state index contributed by atoms with van der Waals surface area (Å²) >= 11 is 0. The molecule has 0 aliphatic rings. The van der Waals surface area contributed by atoms with Crippen LogP contribution < -0.4 is 5.48 Å². The molecule has 0 radical (unpaired) electrons. The molecule has 11 heavy (non-hydrogen) atoms. The van der Waals surface area contributed by atoms with Crippen molar-refractivity contribution in [2.24, 2.45) is 5.92 Å². The highest BCUT2D eigenvalue weighted by Gasteiger charge is 1.95. The van der Waals surface area contributed by atoms with E-state index in [-0.39, 0.29) is 5.91 Å². The Bertz CT molecular complexity index is 169. The monoisotopic (exact) mass is 155 g/mol. The number of hydroxylamine groups is 1. The molecule has 0 saturated heterocycles. The van der Waals surface area contributed by atoms with Crippen molar-refractivity contribution in [2.75, 3.05) is 6.61 Å². The van der Waals surface area contributed by atoms with E-state index in [1.165, 1.54) is 6.08 Å². The first-order chi connectivity index (χ1) is 5.16. The van der Waals surface area contributed by atoms with Crippen molar-refractivity contribution in [1.82, 2.24) is 5.48 Å². The Morgan fingerprint density at radius 1 is 1.82 bits per heavy atom. The van der Waals surface area contributed by atoms with E-state index >= 15 is 0 Å². The van der Waals surface area contributed by atoms with Gasteiger partial charge in [0.05, 0.1) is 6.61 Å². The van der Waals surface area contributed by atoms with Crippen molar-refractivity contribution >= 4 is 5.91 Å². The van der Waals surface area contributed by atoms with Gasteiger partial charge in [0.1, 0.15) is 0 Å². The molecule has 0 unspecified atom stereocenters. The zero-order valence-corrected chi connectivity index (χ0v) is 6.89. The maximum absolute atomic E-state index is 10.6. The molecule has 1 N–H and O–H groups in total. The minimum atomic E-state index is -0.333. The second kappa shape index (κ2) is 5.71. The predicted octanol–water partition coefficient (Wildman–Crippen LogP) is 1.03. The maximum Gasteiger partial charge on any atom is 0.275 e. The maximum atomic E-state index is 10.6. The molecule has 0 rings (SSSR count). The molecule has 0 bridgehead atoms. The number of nitrogens with one attached hydrogen (secondary N) is 1. The van der Waals surface area contributed by atoms with Crippen LogP contribution in [-0.2, 0) is 9.63 Å². The third-order valence-electron chi connectivity index (χ3n) is 0.823. The van der Waals surface area contributed by atoms with Gasteiger partial charge in [-0.15, -0.1) is 5.73 Å². The standard InChI is InChI=1S/C8H13NO2/c1-4-5-8(10)9-11-6-7(2)3/h5,7H,1,6H2,2-3H3,(H,9,10). The Kier molecular flexibility index (Phi) is 5.17. The minimum Gasteiger partial charge on any atom is -0.273 e. The molecule has 0 aromatic rings. The second-order valence-corrected chi connectivity index (χ2v) is 2.52. The number of hydrogen-bond donors (Lipinski definition) is 1. The van der Waals surface area contributed by atoms with Crippen LogP contribution >= 0.6 is 0 Å². The molecule has 0 aromatic carbocycles. The van der Waals surface area contributed by atoms with Gasteiger partial charge in [-0.2, -0.15) is 0 Å². The third-order valence-corrected chi connectivity index (χ3v) is 0.823. The lowest BCUT2D eigenvalue weighted by molar-refractivity contribution is -0.129. The Morgan fingerprint density at radius 2 is 2.45 bits per heavy atom. The number of carbonyl (C=O) groups excluding carboxylic acids is 1. The Morgan fingerprint density at radius 3 is 2.91 bits per heavy atom. The van der Waals surface area contributed by atoms with Crippen molar-refractivity contribution < 1.29 is 9.63 Å². The highest BCUT2D eigenvalue weighted by molar-refractivity contribution is 5.86. The summed E-state index contributed by atoms with van der Waals surface area (Å²) in [5, 5.41) is 0. The van der Waals surface area contributed by atoms with Crippen LogP contribution in [0.5, 0.6) is 0 Å². The molecule has 0 spiro atoms. The molecule has 1 amide bonds. The van der Waals surface area contributed by atoms with Gasteiger partial charge < -0.3 is 0 Å². The van der Waals surface area contributed by atoms with Gasteiger partial charge in [0.25, 0.3) is 5.91 Å². The van der Waals surface area contributed by atoms with Gasteiger partial charge in [-0.3, -0.25) is 9.63 Å². The molecular formula is C8H13NO2. The average molecular weight is 155 g/mol. The topological polar surface area (TPSA) is 38.3 Å². The first-order valence-electron chi connectivity index (χ1n) is 3.44. The van der Waals surface area contributed by atoms with Gasteiger partial charge in [0, 0.05) is 6.08 Å². The second-order valence-electron chi connectivity index (χ2n) is 2.52. The Hall–Kier alpha value is -1.05. The molecule has 62 valence electrons. The molecule has 0 aromatic heterocycles. The van der Waals surface area contributed by atoms with Crippen LogP contribution in [0.25, 0.3) is 0 Å². The summed E-state index contributed by atoms with van der Waals surface area (Å²) in [5.41, 5.74) is 4.56. The van der Waals surface area contributed by atoms with Crippen molar-refractivity contribution in [3.05, 3.63) is 18.4 Å². The summed E-state index contributed by atoms with van der Waals surface area (Å²) in [6, 6.07) is 0. The Balaban J connectivity index is 3.39. The van der Waals surface area contributed by atoms with Crippen LogP contribution in [0.3, 0.4) is 0 Å². The van der Waals surface area contributed by atoms with Crippen LogP contribution in [0.2, 0.25) is 0 Å². The fourth-order valence-electron chi connectivity index (χ4n) is 0.402. The predicted molar refractivity (Wildman–Crippen MR) is 42.6 cm³/mol. The van der Waals surface area contributed by atoms with Crippen LogP contribution in [-0.4, -0.2) is 12.5 Å². The highest BCUT2D eigenvalue weighted by atomic mass is 16.6. The summed E-state index contributed by atoms with van der Waals surface area (Å²) < 4.78 is 0. The molecule has 0 fully saturated rings. The average Bonchev–Trinajstić information content (AvgIpc) is 1.87. The van der Waals surface area contributed by atoms with E-state index in [1.54, 1.807) is 0 Å². The SMILES string of the molecule is C=C=CC(=O)NOCC(C)C. The fourth-order valence-corrected chi connectivity index (χ4v) is 0.402. The van der Waals surface area contributed by atoms with Gasteiger partial charge in [-0.05, 0) is 5.92 Å². The summed E-state index contributed by atoms with van der Waals surface area (Å²) in [5.74, 6) is 0.0728. The fraction of sp³-hybridized carbons (Fsp3) is 0.500. The summed E-state index contributed by atoms with van der Waals surface area (Å²) in [7, 11) is 0. The van der Waals surface area contributed by atoms with Crippen LogP contribution in [0.1, 0.15) is 13.8 Å².